The number of halogens is 1. The van der Waals surface area contributed by atoms with Crippen LogP contribution in [-0.4, -0.2) is 22.8 Å². The van der Waals surface area contributed by atoms with E-state index >= 15 is 0 Å². The Labute approximate surface area is 145 Å². The maximum Gasteiger partial charge on any atom is 0.293 e. The van der Waals surface area contributed by atoms with E-state index in [2.05, 4.69) is 10.2 Å². The number of aromatic amines is 1. The molecule has 3 aromatic rings. The smallest absolute Gasteiger partial charge is 0.293 e. The fraction of sp³-hybridized carbons (Fsp3) is 0.158. The van der Waals surface area contributed by atoms with Crippen molar-refractivity contribution in [2.75, 3.05) is 0 Å². The van der Waals surface area contributed by atoms with Crippen LogP contribution in [0.1, 0.15) is 11.3 Å². The van der Waals surface area contributed by atoms with Gasteiger partial charge in [-0.2, -0.15) is 5.10 Å². The molecule has 0 saturated carbocycles. The van der Waals surface area contributed by atoms with Gasteiger partial charge in [-0.3, -0.25) is 9.89 Å². The number of nitrogens with one attached hydrogen (secondary N) is 1. The zero-order chi connectivity index (χ0) is 16.8. The summed E-state index contributed by atoms with van der Waals surface area (Å²) in [5, 5.41) is 8.03. The van der Waals surface area contributed by atoms with Crippen LogP contribution in [0.3, 0.4) is 0 Å². The summed E-state index contributed by atoms with van der Waals surface area (Å²) in [4.78, 5) is 10.8. The van der Waals surface area contributed by atoms with Crippen molar-refractivity contribution in [1.29, 1.82) is 0 Å². The second kappa shape index (κ2) is 7.79. The fourth-order valence-corrected chi connectivity index (χ4v) is 2.73. The highest BCUT2D eigenvalue weighted by atomic mass is 35.5. The van der Waals surface area contributed by atoms with E-state index < -0.39 is 0 Å². The van der Waals surface area contributed by atoms with E-state index in [0.29, 0.717) is 24.3 Å². The van der Waals surface area contributed by atoms with Gasteiger partial charge in [0.15, 0.2) is 0 Å². The Kier molecular flexibility index (Phi) is 5.29. The molecular weight excluding hydrogens is 324 g/mol. The molecule has 4 nitrogen and oxygen atoms in total. The molecule has 2 aromatic carbocycles. The van der Waals surface area contributed by atoms with E-state index in [1.165, 1.54) is 0 Å². The molecule has 1 aromatic heterocycles. The number of nitrogens with zero attached hydrogens (tertiary/aromatic N) is 1. The summed E-state index contributed by atoms with van der Waals surface area (Å²) in [5.74, 6) is 0. The van der Waals surface area contributed by atoms with Crippen LogP contribution >= 0.6 is 11.6 Å². The molecular formula is C19H17ClN2O2. The number of benzene rings is 2. The first-order valence-corrected chi connectivity index (χ1v) is 8.05. The molecule has 1 N–H and O–H groups in total. The largest absolute Gasteiger partial charge is 0.464 e. The van der Waals surface area contributed by atoms with Crippen molar-refractivity contribution in [2.24, 2.45) is 0 Å². The lowest BCUT2D eigenvalue weighted by Crippen LogP contribution is -2.18. The van der Waals surface area contributed by atoms with E-state index in [1.54, 1.807) is 0 Å². The Morgan fingerprint density at radius 3 is 2.54 bits per heavy atom. The number of carbonyl (C=O) groups is 1. The van der Waals surface area contributed by atoms with Crippen molar-refractivity contribution < 1.29 is 9.53 Å². The Morgan fingerprint density at radius 2 is 1.83 bits per heavy atom. The summed E-state index contributed by atoms with van der Waals surface area (Å²) in [6.07, 6.45) is 1.01. The van der Waals surface area contributed by atoms with Crippen LogP contribution in [0.2, 0.25) is 5.02 Å². The van der Waals surface area contributed by atoms with Gasteiger partial charge in [0, 0.05) is 29.1 Å². The third-order valence-electron chi connectivity index (χ3n) is 3.77. The van der Waals surface area contributed by atoms with Gasteiger partial charge in [0.1, 0.15) is 6.10 Å². The Bertz CT molecular complexity index is 785. The number of carbonyl (C=O) groups excluding carboxylic acids is 1. The average Bonchev–Trinajstić information content (AvgIpc) is 3.05. The van der Waals surface area contributed by atoms with Crippen molar-refractivity contribution in [1.82, 2.24) is 10.2 Å². The lowest BCUT2D eigenvalue weighted by molar-refractivity contribution is -0.133. The summed E-state index contributed by atoms with van der Waals surface area (Å²) in [5.41, 5.74) is 3.87. The molecule has 122 valence electrons. The quantitative estimate of drug-likeness (QED) is 0.660. The molecule has 0 saturated heterocycles. The molecule has 3 rings (SSSR count). The van der Waals surface area contributed by atoms with Crippen LogP contribution in [0.5, 0.6) is 0 Å². The summed E-state index contributed by atoms with van der Waals surface area (Å²) in [7, 11) is 0. The third-order valence-corrected chi connectivity index (χ3v) is 4.02. The molecule has 0 bridgehead atoms. The zero-order valence-corrected chi connectivity index (χ0v) is 13.7. The molecule has 1 unspecified atom stereocenters. The van der Waals surface area contributed by atoms with Crippen molar-refractivity contribution in [3.63, 3.8) is 0 Å². The lowest BCUT2D eigenvalue weighted by atomic mass is 10.0. The second-order valence-corrected chi connectivity index (χ2v) is 5.97. The van der Waals surface area contributed by atoms with Crippen molar-refractivity contribution in [3.05, 3.63) is 76.9 Å². The van der Waals surface area contributed by atoms with Crippen LogP contribution < -0.4 is 0 Å². The standard InChI is InChI=1S/C19H17ClN2O2/c20-16-8-6-15(7-9-16)19-12-17(21-22-19)11-18(24-13-23)10-14-4-2-1-3-5-14/h1-9,12-13,18H,10-11H2,(H,21,22). The van der Waals surface area contributed by atoms with Gasteiger partial charge in [0.2, 0.25) is 0 Å². The zero-order valence-electron chi connectivity index (χ0n) is 13.0. The molecule has 0 fully saturated rings. The molecule has 5 heteroatoms. The molecule has 0 radical (unpaired) electrons. The predicted octanol–water partition coefficient (Wildman–Crippen LogP) is 4.06. The molecule has 1 atom stereocenters. The van der Waals surface area contributed by atoms with E-state index in [-0.39, 0.29) is 6.10 Å². The highest BCUT2D eigenvalue weighted by Gasteiger charge is 2.14. The number of rotatable bonds is 7. The van der Waals surface area contributed by atoms with Gasteiger partial charge in [-0.15, -0.1) is 0 Å². The van der Waals surface area contributed by atoms with Crippen LogP contribution in [0, 0.1) is 0 Å². The molecule has 0 aliphatic rings. The van der Waals surface area contributed by atoms with Crippen LogP contribution in [-0.2, 0) is 22.4 Å². The minimum atomic E-state index is -0.233. The summed E-state index contributed by atoms with van der Waals surface area (Å²) < 4.78 is 5.23. The number of aromatic nitrogens is 2. The number of ether oxygens (including phenoxy) is 1. The van der Waals surface area contributed by atoms with E-state index in [9.17, 15) is 4.79 Å². The highest BCUT2D eigenvalue weighted by Crippen LogP contribution is 2.21. The normalized spacial score (nSPS) is 11.9. The fourth-order valence-electron chi connectivity index (χ4n) is 2.60. The monoisotopic (exact) mass is 340 g/mol. The van der Waals surface area contributed by atoms with Crippen molar-refractivity contribution in [3.8, 4) is 11.3 Å². The van der Waals surface area contributed by atoms with E-state index in [4.69, 9.17) is 16.3 Å². The Morgan fingerprint density at radius 1 is 1.08 bits per heavy atom. The molecule has 24 heavy (non-hydrogen) atoms. The summed E-state index contributed by atoms with van der Waals surface area (Å²) in [6, 6.07) is 19.4. The third kappa shape index (κ3) is 4.24. The first kappa shape index (κ1) is 16.3. The van der Waals surface area contributed by atoms with Gasteiger partial charge >= 0.3 is 0 Å². The van der Waals surface area contributed by atoms with Crippen molar-refractivity contribution >= 4 is 18.1 Å². The Hall–Kier alpha value is -2.59. The van der Waals surface area contributed by atoms with Gasteiger partial charge in [0.05, 0.1) is 5.69 Å². The minimum absolute atomic E-state index is 0.233. The molecule has 0 aliphatic heterocycles. The van der Waals surface area contributed by atoms with E-state index in [1.807, 2.05) is 60.7 Å². The van der Waals surface area contributed by atoms with Crippen LogP contribution in [0.15, 0.2) is 60.7 Å². The van der Waals surface area contributed by atoms with Crippen molar-refractivity contribution in [2.45, 2.75) is 18.9 Å². The number of hydrogen-bond acceptors (Lipinski definition) is 3. The first-order chi connectivity index (χ1) is 11.7. The van der Waals surface area contributed by atoms with Gasteiger partial charge in [-0.1, -0.05) is 54.1 Å². The Balaban J connectivity index is 1.71. The van der Waals surface area contributed by atoms with Crippen LogP contribution in [0.25, 0.3) is 11.3 Å². The summed E-state index contributed by atoms with van der Waals surface area (Å²) >= 11 is 5.91. The lowest BCUT2D eigenvalue weighted by Gasteiger charge is -2.14. The van der Waals surface area contributed by atoms with Gasteiger partial charge in [-0.25, -0.2) is 0 Å². The first-order valence-electron chi connectivity index (χ1n) is 7.68. The SMILES string of the molecule is O=COC(Cc1ccccc1)Cc1cc(-c2ccc(Cl)cc2)n[nH]1. The molecule has 0 amide bonds. The van der Waals surface area contributed by atoms with E-state index in [0.717, 1.165) is 22.5 Å². The van der Waals surface area contributed by atoms with Gasteiger partial charge in [0.25, 0.3) is 6.47 Å². The topological polar surface area (TPSA) is 55.0 Å². The van der Waals surface area contributed by atoms with Gasteiger partial charge in [-0.05, 0) is 23.8 Å². The number of hydrogen-bond donors (Lipinski definition) is 1. The maximum absolute atomic E-state index is 10.8. The summed E-state index contributed by atoms with van der Waals surface area (Å²) in [6.45, 7) is 0.504. The van der Waals surface area contributed by atoms with Crippen LogP contribution in [0.4, 0.5) is 0 Å². The van der Waals surface area contributed by atoms with Gasteiger partial charge < -0.3 is 4.74 Å². The molecule has 0 aliphatic carbocycles. The average molecular weight is 341 g/mol. The predicted molar refractivity (Wildman–Crippen MR) is 93.8 cm³/mol. The molecule has 1 heterocycles. The minimum Gasteiger partial charge on any atom is -0.464 e. The second-order valence-electron chi connectivity index (χ2n) is 5.53. The number of H-pyrrole nitrogens is 1. The molecule has 0 spiro atoms. The highest BCUT2D eigenvalue weighted by molar-refractivity contribution is 6.30. The maximum atomic E-state index is 10.8.